The Morgan fingerprint density at radius 2 is 2.13 bits per heavy atom. The Morgan fingerprint density at radius 1 is 1.27 bits per heavy atom. The van der Waals surface area contributed by atoms with Gasteiger partial charge in [-0.1, -0.05) is 18.2 Å². The number of ether oxygens (including phenoxy) is 1. The lowest BCUT2D eigenvalue weighted by Crippen LogP contribution is -2.24. The molecule has 2 aliphatic rings. The van der Waals surface area contributed by atoms with E-state index in [0.29, 0.717) is 0 Å². The van der Waals surface area contributed by atoms with Crippen molar-refractivity contribution in [1.29, 1.82) is 0 Å². The first-order chi connectivity index (χ1) is 7.36. The Bertz CT molecular complexity index is 459. The molecule has 0 aromatic heterocycles. The van der Waals surface area contributed by atoms with Crippen molar-refractivity contribution in [3.8, 4) is 5.75 Å². The van der Waals surface area contributed by atoms with E-state index in [4.69, 9.17) is 4.74 Å². The van der Waals surface area contributed by atoms with E-state index in [0.717, 1.165) is 30.0 Å². The molecule has 0 amide bonds. The van der Waals surface area contributed by atoms with E-state index in [1.807, 2.05) is 18.2 Å². The van der Waals surface area contributed by atoms with Gasteiger partial charge in [0.1, 0.15) is 5.76 Å². The monoisotopic (exact) mass is 199 g/mol. The standard InChI is InChI=1S/C13H13NO/c1-14-10-6-2-4-8-12(10)15-13-9-5-3-7-11(13)14/h2-4,6-8H,5,9H2,1H3. The molecule has 0 saturated heterocycles. The van der Waals surface area contributed by atoms with Gasteiger partial charge in [-0.2, -0.15) is 0 Å². The summed E-state index contributed by atoms with van der Waals surface area (Å²) in [5.74, 6) is 2.06. The Morgan fingerprint density at radius 3 is 3.07 bits per heavy atom. The first-order valence-corrected chi connectivity index (χ1v) is 5.26. The summed E-state index contributed by atoms with van der Waals surface area (Å²) in [5.41, 5.74) is 2.34. The lowest BCUT2D eigenvalue weighted by Gasteiger charge is -2.32. The fraction of sp³-hybridized carbons (Fsp3) is 0.231. The van der Waals surface area contributed by atoms with Crippen LogP contribution in [0.3, 0.4) is 0 Å². The molecule has 1 aliphatic carbocycles. The first kappa shape index (κ1) is 8.60. The van der Waals surface area contributed by atoms with Gasteiger partial charge >= 0.3 is 0 Å². The third-order valence-electron chi connectivity index (χ3n) is 2.92. The molecule has 0 fully saturated rings. The van der Waals surface area contributed by atoms with Gasteiger partial charge in [0.25, 0.3) is 0 Å². The van der Waals surface area contributed by atoms with Crippen molar-refractivity contribution >= 4 is 5.69 Å². The highest BCUT2D eigenvalue weighted by Crippen LogP contribution is 2.38. The number of nitrogens with zero attached hydrogens (tertiary/aromatic N) is 1. The molecule has 0 radical (unpaired) electrons. The van der Waals surface area contributed by atoms with Crippen molar-refractivity contribution < 1.29 is 4.74 Å². The smallest absolute Gasteiger partial charge is 0.150 e. The highest BCUT2D eigenvalue weighted by Gasteiger charge is 2.23. The van der Waals surface area contributed by atoms with Crippen LogP contribution in [-0.4, -0.2) is 7.05 Å². The van der Waals surface area contributed by atoms with Crippen molar-refractivity contribution in [3.63, 3.8) is 0 Å². The second kappa shape index (κ2) is 3.16. The average Bonchev–Trinajstić information content (AvgIpc) is 2.30. The summed E-state index contributed by atoms with van der Waals surface area (Å²) in [5, 5.41) is 0. The second-order valence-electron chi connectivity index (χ2n) is 3.88. The number of allylic oxidation sites excluding steroid dienone is 3. The van der Waals surface area contributed by atoms with E-state index >= 15 is 0 Å². The molecule has 1 aromatic carbocycles. The number of rotatable bonds is 0. The first-order valence-electron chi connectivity index (χ1n) is 5.26. The number of hydrogen-bond acceptors (Lipinski definition) is 2. The number of anilines is 1. The van der Waals surface area contributed by atoms with Crippen LogP contribution < -0.4 is 9.64 Å². The molecule has 1 aliphatic heterocycles. The maximum Gasteiger partial charge on any atom is 0.150 e. The number of para-hydroxylation sites is 2. The predicted molar refractivity (Wildman–Crippen MR) is 60.9 cm³/mol. The zero-order valence-corrected chi connectivity index (χ0v) is 8.73. The molecule has 2 heteroatoms. The van der Waals surface area contributed by atoms with Gasteiger partial charge < -0.3 is 9.64 Å². The number of benzene rings is 1. The summed E-state index contributed by atoms with van der Waals surface area (Å²) in [6.07, 6.45) is 6.43. The molecule has 76 valence electrons. The molecule has 0 atom stereocenters. The van der Waals surface area contributed by atoms with E-state index in [1.165, 1.54) is 5.70 Å². The van der Waals surface area contributed by atoms with Gasteiger partial charge in [0, 0.05) is 13.5 Å². The minimum atomic E-state index is 0.967. The topological polar surface area (TPSA) is 12.5 Å². The van der Waals surface area contributed by atoms with Gasteiger partial charge in [-0.25, -0.2) is 0 Å². The fourth-order valence-corrected chi connectivity index (χ4v) is 2.12. The Labute approximate surface area is 89.5 Å². The van der Waals surface area contributed by atoms with Crippen molar-refractivity contribution in [2.75, 3.05) is 11.9 Å². The maximum absolute atomic E-state index is 5.89. The molecular weight excluding hydrogens is 186 g/mol. The van der Waals surface area contributed by atoms with Crippen LogP contribution in [0.4, 0.5) is 5.69 Å². The van der Waals surface area contributed by atoms with Crippen molar-refractivity contribution in [3.05, 3.63) is 47.9 Å². The van der Waals surface area contributed by atoms with Crippen LogP contribution >= 0.6 is 0 Å². The van der Waals surface area contributed by atoms with Crippen molar-refractivity contribution in [2.24, 2.45) is 0 Å². The number of likely N-dealkylation sites (N-methyl/N-ethyl adjacent to an activating group) is 1. The van der Waals surface area contributed by atoms with Crippen LogP contribution in [0, 0.1) is 0 Å². The molecule has 3 rings (SSSR count). The van der Waals surface area contributed by atoms with E-state index < -0.39 is 0 Å². The molecule has 0 N–H and O–H groups in total. The van der Waals surface area contributed by atoms with Gasteiger partial charge in [0.15, 0.2) is 5.75 Å². The van der Waals surface area contributed by atoms with E-state index in [-0.39, 0.29) is 0 Å². The highest BCUT2D eigenvalue weighted by atomic mass is 16.5. The number of hydrogen-bond donors (Lipinski definition) is 0. The van der Waals surface area contributed by atoms with Crippen LogP contribution in [0.25, 0.3) is 0 Å². The Kier molecular flexibility index (Phi) is 1.81. The van der Waals surface area contributed by atoms with Gasteiger partial charge in [-0.15, -0.1) is 0 Å². The summed E-state index contributed by atoms with van der Waals surface area (Å²) >= 11 is 0. The van der Waals surface area contributed by atoms with Crippen LogP contribution in [-0.2, 0) is 0 Å². The molecule has 2 nitrogen and oxygen atoms in total. The normalized spacial score (nSPS) is 18.3. The van der Waals surface area contributed by atoms with Crippen LogP contribution in [0.15, 0.2) is 47.9 Å². The SMILES string of the molecule is CN1C2=C(CCC=C2)Oc2ccccc21. The van der Waals surface area contributed by atoms with E-state index in [1.54, 1.807) is 0 Å². The lowest BCUT2D eigenvalue weighted by molar-refractivity contribution is 0.387. The second-order valence-corrected chi connectivity index (χ2v) is 3.88. The molecule has 1 heterocycles. The van der Waals surface area contributed by atoms with E-state index in [9.17, 15) is 0 Å². The molecule has 0 bridgehead atoms. The molecular formula is C13H13NO. The molecule has 0 unspecified atom stereocenters. The zero-order valence-electron chi connectivity index (χ0n) is 8.73. The molecule has 15 heavy (non-hydrogen) atoms. The zero-order chi connectivity index (χ0) is 10.3. The third-order valence-corrected chi connectivity index (χ3v) is 2.92. The van der Waals surface area contributed by atoms with Crippen LogP contribution in [0.2, 0.25) is 0 Å². The van der Waals surface area contributed by atoms with Crippen LogP contribution in [0.5, 0.6) is 5.75 Å². The number of fused-ring (bicyclic) bond motifs is 1. The summed E-state index contributed by atoms with van der Waals surface area (Å²) in [6.45, 7) is 0. The van der Waals surface area contributed by atoms with Gasteiger partial charge in [0.2, 0.25) is 0 Å². The van der Waals surface area contributed by atoms with Gasteiger partial charge in [0.05, 0.1) is 11.4 Å². The lowest BCUT2D eigenvalue weighted by atomic mass is 10.1. The van der Waals surface area contributed by atoms with Crippen LogP contribution in [0.1, 0.15) is 12.8 Å². The van der Waals surface area contributed by atoms with Gasteiger partial charge in [-0.3, -0.25) is 0 Å². The van der Waals surface area contributed by atoms with Gasteiger partial charge in [-0.05, 0) is 24.6 Å². The minimum absolute atomic E-state index is 0.967. The largest absolute Gasteiger partial charge is 0.457 e. The Balaban J connectivity index is 2.11. The predicted octanol–water partition coefficient (Wildman–Crippen LogP) is 3.08. The van der Waals surface area contributed by atoms with E-state index in [2.05, 4.69) is 30.2 Å². The molecule has 1 aromatic rings. The Hall–Kier alpha value is -1.70. The maximum atomic E-state index is 5.89. The summed E-state index contributed by atoms with van der Waals surface area (Å²) in [6, 6.07) is 8.16. The summed E-state index contributed by atoms with van der Waals surface area (Å²) in [7, 11) is 2.09. The fourth-order valence-electron chi connectivity index (χ4n) is 2.12. The average molecular weight is 199 g/mol. The quantitative estimate of drug-likeness (QED) is 0.636. The minimum Gasteiger partial charge on any atom is -0.457 e. The molecule has 0 spiro atoms. The summed E-state index contributed by atoms with van der Waals surface area (Å²) < 4.78 is 5.89. The molecule has 0 saturated carbocycles. The van der Waals surface area contributed by atoms with Crippen molar-refractivity contribution in [2.45, 2.75) is 12.8 Å². The van der Waals surface area contributed by atoms with Crippen molar-refractivity contribution in [1.82, 2.24) is 0 Å². The third kappa shape index (κ3) is 1.25. The summed E-state index contributed by atoms with van der Waals surface area (Å²) in [4.78, 5) is 2.20. The highest BCUT2D eigenvalue weighted by molar-refractivity contribution is 5.66.